The molecule has 0 radical (unpaired) electrons. The van der Waals surface area contributed by atoms with Gasteiger partial charge in [0.15, 0.2) is 0 Å². The summed E-state index contributed by atoms with van der Waals surface area (Å²) >= 11 is 0. The van der Waals surface area contributed by atoms with Crippen LogP contribution in [-0.2, 0) is 0 Å². The summed E-state index contributed by atoms with van der Waals surface area (Å²) in [5.74, 6) is 0. The number of benzene rings is 7. The van der Waals surface area contributed by atoms with E-state index in [9.17, 15) is 0 Å². The lowest BCUT2D eigenvalue weighted by atomic mass is 9.85. The van der Waals surface area contributed by atoms with Gasteiger partial charge >= 0.3 is 0 Å². The summed E-state index contributed by atoms with van der Waals surface area (Å²) in [5.41, 5.74) is 8.67. The third-order valence-corrected chi connectivity index (χ3v) is 7.96. The Balaban J connectivity index is 1.64. The summed E-state index contributed by atoms with van der Waals surface area (Å²) in [5, 5.41) is 7.64. The molecule has 182 valence electrons. The molecule has 1 aromatic heterocycles. The second-order valence-corrected chi connectivity index (χ2v) is 10.1. The Bertz CT molecular complexity index is 2140. The van der Waals surface area contributed by atoms with Gasteiger partial charge in [0.25, 0.3) is 0 Å². The van der Waals surface area contributed by atoms with Crippen molar-refractivity contribution in [3.8, 4) is 27.9 Å². The molecule has 8 rings (SSSR count). The summed E-state index contributed by atoms with van der Waals surface area (Å²) in [6.45, 7) is 0. The molecule has 0 amide bonds. The van der Waals surface area contributed by atoms with E-state index in [-0.39, 0.29) is 0 Å². The molecule has 8 aromatic rings. The number of fused-ring (bicyclic) bond motifs is 5. The maximum Gasteiger partial charge on any atom is 0.0547 e. The van der Waals surface area contributed by atoms with Crippen LogP contribution in [0.5, 0.6) is 0 Å². The van der Waals surface area contributed by atoms with E-state index in [0.29, 0.717) is 0 Å². The van der Waals surface area contributed by atoms with Gasteiger partial charge in [-0.1, -0.05) is 121 Å². The average Bonchev–Trinajstić information content (AvgIpc) is 3.33. The first-order valence-electron chi connectivity index (χ1n) is 13.5. The summed E-state index contributed by atoms with van der Waals surface area (Å²) in [4.78, 5) is 0. The van der Waals surface area contributed by atoms with Crippen molar-refractivity contribution in [2.45, 2.75) is 0 Å². The molecule has 1 nitrogen and oxygen atoms in total. The van der Waals surface area contributed by atoms with Crippen molar-refractivity contribution in [3.05, 3.63) is 152 Å². The van der Waals surface area contributed by atoms with Crippen LogP contribution in [0.4, 0.5) is 0 Å². The summed E-state index contributed by atoms with van der Waals surface area (Å²) in [7, 11) is 0. The Morgan fingerprint density at radius 1 is 0.308 bits per heavy atom. The number of nitrogens with zero attached hydrogens (tertiary/aromatic N) is 1. The van der Waals surface area contributed by atoms with Crippen molar-refractivity contribution in [1.29, 1.82) is 0 Å². The van der Waals surface area contributed by atoms with Crippen LogP contribution in [0.3, 0.4) is 0 Å². The molecule has 0 saturated heterocycles. The van der Waals surface area contributed by atoms with Gasteiger partial charge in [0.2, 0.25) is 0 Å². The smallest absolute Gasteiger partial charge is 0.0547 e. The Kier molecular flexibility index (Phi) is 4.89. The molecule has 7 aromatic carbocycles. The van der Waals surface area contributed by atoms with Crippen molar-refractivity contribution in [2.75, 3.05) is 0 Å². The van der Waals surface area contributed by atoms with E-state index < -0.39 is 0 Å². The molecule has 0 saturated carbocycles. The molecule has 1 heteroatoms. The normalized spacial score (nSPS) is 11.6. The summed E-state index contributed by atoms with van der Waals surface area (Å²) < 4.78 is 2.41. The molecular formula is C38H25N. The van der Waals surface area contributed by atoms with Crippen molar-refractivity contribution < 1.29 is 0 Å². The maximum atomic E-state index is 2.44. The van der Waals surface area contributed by atoms with E-state index in [1.54, 1.807) is 0 Å². The highest BCUT2D eigenvalue weighted by Crippen LogP contribution is 2.46. The van der Waals surface area contributed by atoms with Gasteiger partial charge in [-0.2, -0.15) is 0 Å². The molecule has 1 heterocycles. The lowest BCUT2D eigenvalue weighted by Gasteiger charge is -2.18. The fourth-order valence-corrected chi connectivity index (χ4v) is 6.32. The van der Waals surface area contributed by atoms with Crippen LogP contribution in [0.25, 0.3) is 71.3 Å². The highest BCUT2D eigenvalue weighted by molar-refractivity contribution is 6.25. The van der Waals surface area contributed by atoms with E-state index in [2.05, 4.69) is 156 Å². The van der Waals surface area contributed by atoms with Crippen LogP contribution in [0.15, 0.2) is 152 Å². The molecule has 0 unspecified atom stereocenters. The maximum absolute atomic E-state index is 2.44. The van der Waals surface area contributed by atoms with E-state index in [4.69, 9.17) is 0 Å². The van der Waals surface area contributed by atoms with Crippen molar-refractivity contribution in [2.24, 2.45) is 0 Å². The van der Waals surface area contributed by atoms with Gasteiger partial charge in [0, 0.05) is 16.5 Å². The molecule has 0 bridgehead atoms. The molecule has 0 fully saturated rings. The second-order valence-electron chi connectivity index (χ2n) is 10.1. The first-order valence-corrected chi connectivity index (χ1v) is 13.5. The summed E-state index contributed by atoms with van der Waals surface area (Å²) in [6, 6.07) is 54.9. The highest BCUT2D eigenvalue weighted by Gasteiger charge is 2.20. The minimum atomic E-state index is 1.17. The third-order valence-electron chi connectivity index (χ3n) is 7.96. The minimum absolute atomic E-state index is 1.17. The Morgan fingerprint density at radius 2 is 0.769 bits per heavy atom. The average molecular weight is 496 g/mol. The standard InChI is InChI=1S/C38H25N/c1-4-14-26(15-5-1)37-30-21-10-11-22-31(30)38(27-16-6-2-7-17-27)34-25-36-32(24-33(34)37)29-20-12-13-23-35(29)39(36)28-18-8-3-9-19-28/h1-25H. The lowest BCUT2D eigenvalue weighted by Crippen LogP contribution is -1.94. The zero-order chi connectivity index (χ0) is 25.8. The largest absolute Gasteiger partial charge is 0.309 e. The van der Waals surface area contributed by atoms with Crippen LogP contribution in [0.2, 0.25) is 0 Å². The van der Waals surface area contributed by atoms with E-state index in [1.165, 1.54) is 71.3 Å². The molecule has 39 heavy (non-hydrogen) atoms. The van der Waals surface area contributed by atoms with Gasteiger partial charge in [-0.25, -0.2) is 0 Å². The van der Waals surface area contributed by atoms with Gasteiger partial charge < -0.3 is 4.57 Å². The quantitative estimate of drug-likeness (QED) is 0.215. The van der Waals surface area contributed by atoms with Crippen LogP contribution < -0.4 is 0 Å². The van der Waals surface area contributed by atoms with E-state index >= 15 is 0 Å². The lowest BCUT2D eigenvalue weighted by molar-refractivity contribution is 1.18. The first kappa shape index (κ1) is 21.9. The van der Waals surface area contributed by atoms with Crippen LogP contribution in [0.1, 0.15) is 0 Å². The molecule has 0 aliphatic rings. The van der Waals surface area contributed by atoms with Crippen molar-refractivity contribution >= 4 is 43.4 Å². The van der Waals surface area contributed by atoms with Gasteiger partial charge in [0.05, 0.1) is 11.0 Å². The number of hydrogen-bond acceptors (Lipinski definition) is 0. The van der Waals surface area contributed by atoms with Crippen molar-refractivity contribution in [1.82, 2.24) is 4.57 Å². The minimum Gasteiger partial charge on any atom is -0.309 e. The first-order chi connectivity index (χ1) is 19.4. The molecular weight excluding hydrogens is 470 g/mol. The molecule has 0 atom stereocenters. The van der Waals surface area contributed by atoms with Crippen LogP contribution >= 0.6 is 0 Å². The van der Waals surface area contributed by atoms with E-state index in [1.807, 2.05) is 0 Å². The fourth-order valence-electron chi connectivity index (χ4n) is 6.32. The Labute approximate surface area is 227 Å². The SMILES string of the molecule is c1ccc(-c2c3ccccc3c(-c3ccccc3)c3cc4c(cc23)c2ccccc2n4-c2ccccc2)cc1. The van der Waals surface area contributed by atoms with Gasteiger partial charge in [0.1, 0.15) is 0 Å². The van der Waals surface area contributed by atoms with Gasteiger partial charge in [-0.05, 0) is 74.1 Å². The highest BCUT2D eigenvalue weighted by atomic mass is 15.0. The van der Waals surface area contributed by atoms with Crippen LogP contribution in [0, 0.1) is 0 Å². The monoisotopic (exact) mass is 495 g/mol. The van der Waals surface area contributed by atoms with E-state index in [0.717, 1.165) is 0 Å². The third kappa shape index (κ3) is 3.34. The fraction of sp³-hybridized carbons (Fsp3) is 0. The van der Waals surface area contributed by atoms with Crippen molar-refractivity contribution in [3.63, 3.8) is 0 Å². The Hall–Kier alpha value is -5.14. The molecule has 0 spiro atoms. The molecule has 0 aliphatic heterocycles. The molecule has 0 N–H and O–H groups in total. The summed E-state index contributed by atoms with van der Waals surface area (Å²) in [6.07, 6.45) is 0. The topological polar surface area (TPSA) is 4.93 Å². The number of aromatic nitrogens is 1. The zero-order valence-electron chi connectivity index (χ0n) is 21.4. The predicted octanol–water partition coefficient (Wildman–Crippen LogP) is 10.4. The second kappa shape index (κ2) is 8.72. The molecule has 0 aliphatic carbocycles. The zero-order valence-corrected chi connectivity index (χ0v) is 21.4. The van der Waals surface area contributed by atoms with Gasteiger partial charge in [-0.15, -0.1) is 0 Å². The van der Waals surface area contributed by atoms with Gasteiger partial charge in [-0.3, -0.25) is 0 Å². The van der Waals surface area contributed by atoms with Crippen LogP contribution in [-0.4, -0.2) is 4.57 Å². The number of hydrogen-bond donors (Lipinski definition) is 0. The Morgan fingerprint density at radius 3 is 1.36 bits per heavy atom. The predicted molar refractivity (Wildman–Crippen MR) is 167 cm³/mol. The number of rotatable bonds is 3. The number of para-hydroxylation sites is 2.